The van der Waals surface area contributed by atoms with E-state index in [1.54, 1.807) is 0 Å². The van der Waals surface area contributed by atoms with E-state index in [2.05, 4.69) is 84.9 Å². The molecular formula is C24H16Cl2P2Zr. The van der Waals surface area contributed by atoms with Gasteiger partial charge in [-0.2, -0.15) is 48.5 Å². The maximum Gasteiger partial charge on any atom is 4.00 e. The summed E-state index contributed by atoms with van der Waals surface area (Å²) in [5.74, 6) is 0. The molecule has 2 heterocycles. The van der Waals surface area contributed by atoms with Crippen molar-refractivity contribution in [1.82, 2.24) is 0 Å². The standard InChI is InChI=1S/2C12H8P.2ClH.Zr/c2*1-3-7-11-9(5-1)10-6-2-4-8-12(10)13-11;;;/h2*1-7,13H;2*1H;/q2*-1;;;+4/p-2. The molecule has 4 aromatic carbocycles. The number of rotatable bonds is 0. The van der Waals surface area contributed by atoms with Gasteiger partial charge in [-0.25, -0.2) is 0 Å². The smallest absolute Gasteiger partial charge is 1.00 e. The van der Waals surface area contributed by atoms with E-state index >= 15 is 0 Å². The summed E-state index contributed by atoms with van der Waals surface area (Å²) < 4.78 is 0. The second kappa shape index (κ2) is 10.8. The van der Waals surface area contributed by atoms with Crippen LogP contribution >= 0.6 is 16.4 Å². The third-order valence-corrected chi connectivity index (χ3v) is 7.40. The molecule has 6 rings (SSSR count). The monoisotopic (exact) mass is 526 g/mol. The van der Waals surface area contributed by atoms with E-state index in [0.29, 0.717) is 0 Å². The molecule has 6 aromatic rings. The van der Waals surface area contributed by atoms with Gasteiger partial charge in [0.2, 0.25) is 0 Å². The van der Waals surface area contributed by atoms with Crippen LogP contribution in [-0.2, 0) is 26.2 Å². The van der Waals surface area contributed by atoms with Crippen molar-refractivity contribution in [1.29, 1.82) is 0 Å². The number of halogens is 2. The molecule has 0 radical (unpaired) electrons. The molecule has 0 N–H and O–H groups in total. The molecule has 140 valence electrons. The fourth-order valence-corrected chi connectivity index (χ4v) is 6.07. The Morgan fingerprint density at radius 3 is 1.31 bits per heavy atom. The first-order valence-corrected chi connectivity index (χ1v) is 10.6. The van der Waals surface area contributed by atoms with Gasteiger partial charge >= 0.3 is 26.2 Å². The van der Waals surface area contributed by atoms with Crippen molar-refractivity contribution < 1.29 is 51.0 Å². The van der Waals surface area contributed by atoms with Crippen molar-refractivity contribution in [2.75, 3.05) is 0 Å². The summed E-state index contributed by atoms with van der Waals surface area (Å²) in [5.41, 5.74) is 0. The Balaban J connectivity index is 0.000000187. The zero-order valence-corrected chi connectivity index (χ0v) is 21.3. The van der Waals surface area contributed by atoms with Gasteiger partial charge in [0.15, 0.2) is 0 Å². The van der Waals surface area contributed by atoms with E-state index in [0.717, 1.165) is 16.4 Å². The van der Waals surface area contributed by atoms with E-state index in [1.165, 1.54) is 42.0 Å². The number of hydrogen-bond donors (Lipinski definition) is 0. The van der Waals surface area contributed by atoms with Crippen LogP contribution in [0.25, 0.3) is 42.0 Å². The Morgan fingerprint density at radius 1 is 0.483 bits per heavy atom. The molecule has 0 amide bonds. The zero-order valence-electron chi connectivity index (χ0n) is 15.3. The van der Waals surface area contributed by atoms with Crippen LogP contribution in [-0.4, -0.2) is 0 Å². The molecule has 0 aliphatic heterocycles. The average Bonchev–Trinajstić information content (AvgIpc) is 3.27. The van der Waals surface area contributed by atoms with E-state index in [9.17, 15) is 0 Å². The Kier molecular flexibility index (Phi) is 9.03. The van der Waals surface area contributed by atoms with Crippen molar-refractivity contribution >= 4 is 58.4 Å². The summed E-state index contributed by atoms with van der Waals surface area (Å²) in [4.78, 5) is 0. The Bertz CT molecular complexity index is 1150. The van der Waals surface area contributed by atoms with E-state index in [-0.39, 0.29) is 51.0 Å². The van der Waals surface area contributed by atoms with Crippen LogP contribution in [0.5, 0.6) is 0 Å². The second-order valence-corrected chi connectivity index (χ2v) is 8.84. The quantitative estimate of drug-likeness (QED) is 0.263. The van der Waals surface area contributed by atoms with Crippen LogP contribution in [0.2, 0.25) is 0 Å². The maximum atomic E-state index is 3.31. The Hall–Kier alpha value is -1.06. The van der Waals surface area contributed by atoms with Crippen LogP contribution in [0.4, 0.5) is 0 Å². The summed E-state index contributed by atoms with van der Waals surface area (Å²) in [7, 11) is 1.59. The van der Waals surface area contributed by atoms with Gasteiger partial charge in [0.05, 0.1) is 0 Å². The number of hydrogen-bond acceptors (Lipinski definition) is 0. The zero-order chi connectivity index (χ0) is 17.3. The van der Waals surface area contributed by atoms with Crippen molar-refractivity contribution in [3.8, 4) is 0 Å². The third-order valence-electron chi connectivity index (χ3n) is 4.67. The van der Waals surface area contributed by atoms with Crippen molar-refractivity contribution in [3.05, 3.63) is 97.1 Å². The van der Waals surface area contributed by atoms with Crippen LogP contribution < -0.4 is 24.8 Å². The van der Waals surface area contributed by atoms with Gasteiger partial charge in [0.25, 0.3) is 0 Å². The first kappa shape index (κ1) is 24.2. The average molecular weight is 528 g/mol. The topological polar surface area (TPSA) is 0 Å². The summed E-state index contributed by atoms with van der Waals surface area (Å²) in [6.07, 6.45) is 0. The molecule has 29 heavy (non-hydrogen) atoms. The normalized spacial score (nSPS) is 10.5. The second-order valence-electron chi connectivity index (χ2n) is 6.26. The minimum atomic E-state index is 0. The van der Waals surface area contributed by atoms with Crippen LogP contribution in [0.15, 0.2) is 84.9 Å². The number of benzene rings is 4. The van der Waals surface area contributed by atoms with Crippen molar-refractivity contribution in [3.63, 3.8) is 0 Å². The molecule has 0 saturated heterocycles. The first-order valence-electron chi connectivity index (χ1n) is 8.64. The van der Waals surface area contributed by atoms with E-state index < -0.39 is 0 Å². The van der Waals surface area contributed by atoms with Gasteiger partial charge in [-0.15, -0.1) is 37.4 Å². The summed E-state index contributed by atoms with van der Waals surface area (Å²) in [6, 6.07) is 36.3. The Labute approximate surface area is 205 Å². The SMILES string of the molecule is [Cl-].[Cl-].[Zr+4].[c-]1cccc2c1[pH]c1ccccc12.[c-]1cccc2c1[pH]c1ccccc12. The van der Waals surface area contributed by atoms with Crippen molar-refractivity contribution in [2.45, 2.75) is 0 Å². The molecule has 2 unspecified atom stereocenters. The molecule has 5 heteroatoms. The third kappa shape index (κ3) is 4.82. The molecule has 0 spiro atoms. The molecule has 0 aliphatic carbocycles. The number of fused-ring (bicyclic) bond motifs is 6. The maximum absolute atomic E-state index is 3.31. The Morgan fingerprint density at radius 2 is 0.862 bits per heavy atom. The van der Waals surface area contributed by atoms with Gasteiger partial charge in [-0.05, 0) is 10.2 Å². The van der Waals surface area contributed by atoms with Crippen LogP contribution in [0, 0.1) is 12.1 Å². The molecule has 0 fully saturated rings. The van der Waals surface area contributed by atoms with Crippen LogP contribution in [0.3, 0.4) is 0 Å². The van der Waals surface area contributed by atoms with Gasteiger partial charge in [0.1, 0.15) is 0 Å². The van der Waals surface area contributed by atoms with Gasteiger partial charge < -0.3 is 24.8 Å². The summed E-state index contributed by atoms with van der Waals surface area (Å²) in [5, 5.41) is 11.2. The molecule has 0 aliphatic rings. The summed E-state index contributed by atoms with van der Waals surface area (Å²) in [6.45, 7) is 0. The van der Waals surface area contributed by atoms with Crippen molar-refractivity contribution in [2.24, 2.45) is 0 Å². The molecular weight excluding hydrogens is 512 g/mol. The minimum absolute atomic E-state index is 0. The predicted octanol–water partition coefficient (Wildman–Crippen LogP) is 1.65. The molecule has 0 bridgehead atoms. The van der Waals surface area contributed by atoms with Gasteiger partial charge in [0, 0.05) is 0 Å². The fourth-order valence-electron chi connectivity index (χ4n) is 3.45. The van der Waals surface area contributed by atoms with Crippen LogP contribution in [0.1, 0.15) is 0 Å². The van der Waals surface area contributed by atoms with E-state index in [1.807, 2.05) is 12.1 Å². The molecule has 0 nitrogen and oxygen atoms in total. The predicted molar refractivity (Wildman–Crippen MR) is 120 cm³/mol. The largest absolute Gasteiger partial charge is 4.00 e. The fraction of sp³-hybridized carbons (Fsp3) is 0. The minimum Gasteiger partial charge on any atom is -1.00 e. The first-order chi connectivity index (χ1) is 12.9. The molecule has 0 saturated carbocycles. The molecule has 2 aromatic heterocycles. The van der Waals surface area contributed by atoms with E-state index in [4.69, 9.17) is 0 Å². The van der Waals surface area contributed by atoms with Gasteiger partial charge in [-0.1, -0.05) is 59.3 Å². The van der Waals surface area contributed by atoms with Gasteiger partial charge in [-0.3, -0.25) is 0 Å². The molecule has 2 atom stereocenters. The summed E-state index contributed by atoms with van der Waals surface area (Å²) >= 11 is 0.